The highest BCUT2D eigenvalue weighted by Gasteiger charge is 2.52. The quantitative estimate of drug-likeness (QED) is 0.582. The van der Waals surface area contributed by atoms with Crippen molar-refractivity contribution in [3.8, 4) is 5.75 Å². The summed E-state index contributed by atoms with van der Waals surface area (Å²) < 4.78 is 6.65. The lowest BCUT2D eigenvalue weighted by atomic mass is 9.90. The predicted molar refractivity (Wildman–Crippen MR) is 121 cm³/mol. The average molecular weight is 412 g/mol. The van der Waals surface area contributed by atoms with Crippen molar-refractivity contribution in [2.24, 2.45) is 5.10 Å². The number of likely N-dealkylation sites (tertiary alicyclic amines) is 1. The van der Waals surface area contributed by atoms with Crippen molar-refractivity contribution < 1.29 is 9.53 Å². The van der Waals surface area contributed by atoms with E-state index in [0.29, 0.717) is 13.1 Å². The molecule has 1 atom stereocenters. The first-order valence-electron chi connectivity index (χ1n) is 11.0. The molecule has 31 heavy (non-hydrogen) atoms. The molecule has 1 saturated heterocycles. The van der Waals surface area contributed by atoms with Crippen molar-refractivity contribution in [2.75, 3.05) is 13.1 Å². The Balaban J connectivity index is 1.44. The molecule has 0 radical (unpaired) electrons. The van der Waals surface area contributed by atoms with E-state index in [-0.39, 0.29) is 11.9 Å². The Kier molecular flexibility index (Phi) is 4.07. The van der Waals surface area contributed by atoms with E-state index in [2.05, 4.69) is 65.7 Å². The molecule has 1 amide bonds. The highest BCUT2D eigenvalue weighted by Crippen LogP contribution is 2.50. The van der Waals surface area contributed by atoms with Gasteiger partial charge in [-0.05, 0) is 16.8 Å². The predicted octanol–water partition coefficient (Wildman–Crippen LogP) is 4.72. The molecule has 5 heteroatoms. The lowest BCUT2D eigenvalue weighted by Gasteiger charge is -2.51. The maximum absolute atomic E-state index is 11.9. The largest absolute Gasteiger partial charge is 0.466 e. The standard InChI is InChI=1S/C26H25N3O2/c1-18(30)28-15-13-26(14-16-28)29-24(22-10-4-5-12-25(22)31-26)17-23(27-29)21-11-6-8-19-7-2-3-9-20(19)21/h2-12,24H,13-17H2,1H3/t24-/m1/s1. The van der Waals surface area contributed by atoms with Gasteiger partial charge in [0, 0.05) is 50.4 Å². The minimum atomic E-state index is -0.503. The second kappa shape index (κ2) is 6.84. The Morgan fingerprint density at radius 1 is 1.00 bits per heavy atom. The first kappa shape index (κ1) is 18.4. The monoisotopic (exact) mass is 411 g/mol. The number of hydrazone groups is 1. The second-order valence-electron chi connectivity index (χ2n) is 8.73. The van der Waals surface area contributed by atoms with Crippen molar-refractivity contribution in [1.82, 2.24) is 9.91 Å². The van der Waals surface area contributed by atoms with Crippen molar-refractivity contribution >= 4 is 22.4 Å². The summed E-state index contributed by atoms with van der Waals surface area (Å²) >= 11 is 0. The van der Waals surface area contributed by atoms with Gasteiger partial charge in [0.15, 0.2) is 0 Å². The van der Waals surface area contributed by atoms with Crippen LogP contribution in [0.25, 0.3) is 10.8 Å². The van der Waals surface area contributed by atoms with E-state index in [1.54, 1.807) is 6.92 Å². The smallest absolute Gasteiger partial charge is 0.219 e. The Hall–Kier alpha value is -3.34. The molecular weight excluding hydrogens is 386 g/mol. The summed E-state index contributed by atoms with van der Waals surface area (Å²) in [7, 11) is 0. The normalized spacial score (nSPS) is 21.5. The molecular formula is C26H25N3O2. The lowest BCUT2D eigenvalue weighted by molar-refractivity contribution is -0.158. The number of nitrogens with zero attached hydrogens (tertiary/aromatic N) is 3. The molecule has 3 aromatic rings. The molecule has 0 aromatic heterocycles. The number of hydrogen-bond acceptors (Lipinski definition) is 4. The van der Waals surface area contributed by atoms with Crippen LogP contribution in [0.1, 0.15) is 43.4 Å². The van der Waals surface area contributed by atoms with Gasteiger partial charge in [0.1, 0.15) is 5.75 Å². The zero-order valence-electron chi connectivity index (χ0n) is 17.6. The Labute approximate surface area is 181 Å². The van der Waals surface area contributed by atoms with Crippen LogP contribution in [0.3, 0.4) is 0 Å². The Morgan fingerprint density at radius 2 is 1.74 bits per heavy atom. The number of carbonyl (C=O) groups excluding carboxylic acids is 1. The molecule has 5 nitrogen and oxygen atoms in total. The highest BCUT2D eigenvalue weighted by molar-refractivity contribution is 6.11. The van der Waals surface area contributed by atoms with E-state index in [1.807, 2.05) is 11.0 Å². The third-order valence-corrected chi connectivity index (χ3v) is 7.00. The van der Waals surface area contributed by atoms with E-state index < -0.39 is 5.72 Å². The zero-order chi connectivity index (χ0) is 21.0. The summed E-state index contributed by atoms with van der Waals surface area (Å²) in [5.74, 6) is 1.08. The first-order chi connectivity index (χ1) is 15.1. The molecule has 0 N–H and O–H groups in total. The third-order valence-electron chi connectivity index (χ3n) is 7.00. The second-order valence-corrected chi connectivity index (χ2v) is 8.73. The van der Waals surface area contributed by atoms with Gasteiger partial charge in [0.2, 0.25) is 11.6 Å². The van der Waals surface area contributed by atoms with E-state index in [4.69, 9.17) is 9.84 Å². The van der Waals surface area contributed by atoms with Crippen molar-refractivity contribution in [3.63, 3.8) is 0 Å². The molecule has 3 aliphatic rings. The maximum Gasteiger partial charge on any atom is 0.219 e. The molecule has 156 valence electrons. The van der Waals surface area contributed by atoms with Crippen LogP contribution in [0, 0.1) is 0 Å². The van der Waals surface area contributed by atoms with Crippen molar-refractivity contribution in [1.29, 1.82) is 0 Å². The van der Waals surface area contributed by atoms with E-state index in [1.165, 1.54) is 21.9 Å². The van der Waals surface area contributed by atoms with E-state index in [0.717, 1.165) is 30.7 Å². The van der Waals surface area contributed by atoms with Crippen LogP contribution in [0.15, 0.2) is 71.8 Å². The van der Waals surface area contributed by atoms with Crippen molar-refractivity contribution in [2.45, 2.75) is 38.0 Å². The number of ether oxygens (including phenoxy) is 1. The number of fused-ring (bicyclic) bond motifs is 5. The Bertz CT molecular complexity index is 1200. The summed E-state index contributed by atoms with van der Waals surface area (Å²) in [5.41, 5.74) is 3.00. The number of amides is 1. The SMILES string of the molecule is CC(=O)N1CCC2(CC1)Oc1ccccc1[C@H]1CC(c3cccc4ccccc34)=NN12. The van der Waals surface area contributed by atoms with Gasteiger partial charge in [-0.15, -0.1) is 0 Å². The van der Waals surface area contributed by atoms with Gasteiger partial charge < -0.3 is 9.64 Å². The fraction of sp³-hybridized carbons (Fsp3) is 0.308. The van der Waals surface area contributed by atoms with Crippen LogP contribution in [0.5, 0.6) is 5.75 Å². The highest BCUT2D eigenvalue weighted by atomic mass is 16.5. The van der Waals surface area contributed by atoms with E-state index in [9.17, 15) is 4.79 Å². The minimum Gasteiger partial charge on any atom is -0.466 e. The van der Waals surface area contributed by atoms with Crippen LogP contribution in [-0.2, 0) is 4.79 Å². The molecule has 0 saturated carbocycles. The summed E-state index contributed by atoms with van der Waals surface area (Å²) in [6.45, 7) is 3.03. The molecule has 3 aliphatic heterocycles. The van der Waals surface area contributed by atoms with Gasteiger partial charge in [-0.3, -0.25) is 4.79 Å². The topological polar surface area (TPSA) is 45.1 Å². The molecule has 0 unspecified atom stereocenters. The lowest BCUT2D eigenvalue weighted by Crippen LogP contribution is -2.59. The number of piperidine rings is 1. The van der Waals surface area contributed by atoms with Crippen LogP contribution in [0.4, 0.5) is 0 Å². The third kappa shape index (κ3) is 2.83. The van der Waals surface area contributed by atoms with Crippen LogP contribution >= 0.6 is 0 Å². The van der Waals surface area contributed by atoms with Crippen LogP contribution in [-0.4, -0.2) is 40.3 Å². The summed E-state index contributed by atoms with van der Waals surface area (Å²) in [5, 5.41) is 9.87. The summed E-state index contributed by atoms with van der Waals surface area (Å²) in [6, 6.07) is 23.4. The zero-order valence-corrected chi connectivity index (χ0v) is 17.6. The minimum absolute atomic E-state index is 0.129. The van der Waals surface area contributed by atoms with Crippen LogP contribution in [0.2, 0.25) is 0 Å². The average Bonchev–Trinajstić information content (AvgIpc) is 3.26. The molecule has 0 aliphatic carbocycles. The first-order valence-corrected chi connectivity index (χ1v) is 11.0. The summed E-state index contributed by atoms with van der Waals surface area (Å²) in [6.07, 6.45) is 2.36. The van der Waals surface area contributed by atoms with Gasteiger partial charge in [-0.2, -0.15) is 5.10 Å². The van der Waals surface area contributed by atoms with Gasteiger partial charge in [-0.1, -0.05) is 60.7 Å². The summed E-state index contributed by atoms with van der Waals surface area (Å²) in [4.78, 5) is 13.8. The van der Waals surface area contributed by atoms with Crippen molar-refractivity contribution in [3.05, 3.63) is 77.9 Å². The van der Waals surface area contributed by atoms with E-state index >= 15 is 0 Å². The number of benzene rings is 3. The number of carbonyl (C=O) groups is 1. The van der Waals surface area contributed by atoms with Gasteiger partial charge in [0.25, 0.3) is 0 Å². The molecule has 3 aromatic carbocycles. The van der Waals surface area contributed by atoms with Crippen LogP contribution < -0.4 is 4.74 Å². The maximum atomic E-state index is 11.9. The molecule has 6 rings (SSSR count). The van der Waals surface area contributed by atoms with Gasteiger partial charge in [0.05, 0.1) is 11.8 Å². The fourth-order valence-corrected chi connectivity index (χ4v) is 5.37. The molecule has 1 fully saturated rings. The number of para-hydroxylation sites is 1. The Morgan fingerprint density at radius 3 is 2.58 bits per heavy atom. The number of rotatable bonds is 1. The molecule has 3 heterocycles. The number of hydrogen-bond donors (Lipinski definition) is 0. The molecule has 0 bridgehead atoms. The molecule has 1 spiro atoms. The fourth-order valence-electron chi connectivity index (χ4n) is 5.37. The van der Waals surface area contributed by atoms with Gasteiger partial charge >= 0.3 is 0 Å². The van der Waals surface area contributed by atoms with Gasteiger partial charge in [-0.25, -0.2) is 5.01 Å².